The number of hydrogen-bond donors (Lipinski definition) is 0. The fraction of sp³-hybridized carbons (Fsp3) is 0.500. The van der Waals surface area contributed by atoms with Crippen molar-refractivity contribution in [3.63, 3.8) is 0 Å². The molecule has 1 heterocycles. The molecule has 0 saturated carbocycles. The third-order valence-electron chi connectivity index (χ3n) is 6.33. The maximum absolute atomic E-state index is 13.4. The fourth-order valence-electron chi connectivity index (χ4n) is 4.46. The normalized spacial score (nSPS) is 17.9. The third kappa shape index (κ3) is 7.49. The van der Waals surface area contributed by atoms with Gasteiger partial charge in [-0.25, -0.2) is 0 Å². The predicted molar refractivity (Wildman–Crippen MR) is 137 cm³/mol. The van der Waals surface area contributed by atoms with Crippen molar-refractivity contribution in [2.45, 2.75) is 58.4 Å². The average molecular weight is 485 g/mol. The molecule has 0 unspecified atom stereocenters. The Kier molecular flexibility index (Phi) is 9.82. The Morgan fingerprint density at radius 2 is 1.76 bits per heavy atom. The first kappa shape index (κ1) is 26.1. The quantitative estimate of drug-likeness (QED) is 0.534. The largest absolute Gasteiger partial charge is 0.491 e. The lowest BCUT2D eigenvalue weighted by Gasteiger charge is -2.33. The lowest BCUT2D eigenvalue weighted by molar-refractivity contribution is -0.134. The van der Waals surface area contributed by atoms with Gasteiger partial charge in [0.25, 0.3) is 5.91 Å². The molecule has 2 aromatic carbocycles. The van der Waals surface area contributed by atoms with E-state index in [1.807, 2.05) is 60.5 Å². The van der Waals surface area contributed by atoms with Gasteiger partial charge in [-0.1, -0.05) is 49.7 Å². The zero-order valence-corrected chi connectivity index (χ0v) is 21.4. The smallest absolute Gasteiger partial charge is 0.257 e. The number of rotatable bonds is 5. The first-order valence-electron chi connectivity index (χ1n) is 12.4. The molecule has 0 aromatic heterocycles. The van der Waals surface area contributed by atoms with Crippen molar-refractivity contribution in [1.82, 2.24) is 9.80 Å². The Hall–Kier alpha value is -2.53. The fourth-order valence-corrected chi connectivity index (χ4v) is 4.58. The van der Waals surface area contributed by atoms with Crippen molar-refractivity contribution in [3.8, 4) is 5.75 Å². The van der Waals surface area contributed by atoms with Gasteiger partial charge in [-0.2, -0.15) is 0 Å². The van der Waals surface area contributed by atoms with Crippen molar-refractivity contribution < 1.29 is 14.3 Å². The van der Waals surface area contributed by atoms with E-state index >= 15 is 0 Å². The van der Waals surface area contributed by atoms with Crippen molar-refractivity contribution in [3.05, 3.63) is 64.7 Å². The summed E-state index contributed by atoms with van der Waals surface area (Å²) in [6.07, 6.45) is 4.78. The molecule has 34 heavy (non-hydrogen) atoms. The monoisotopic (exact) mass is 484 g/mol. The summed E-state index contributed by atoms with van der Waals surface area (Å²) in [6, 6.07) is 15.1. The van der Waals surface area contributed by atoms with Crippen LogP contribution in [0.25, 0.3) is 0 Å². The Labute approximate surface area is 209 Å². The van der Waals surface area contributed by atoms with Gasteiger partial charge in [-0.05, 0) is 67.9 Å². The highest BCUT2D eigenvalue weighted by Crippen LogP contribution is 2.23. The maximum Gasteiger partial charge on any atom is 0.257 e. The first-order chi connectivity index (χ1) is 16.3. The summed E-state index contributed by atoms with van der Waals surface area (Å²) in [4.78, 5) is 30.2. The van der Waals surface area contributed by atoms with E-state index in [-0.39, 0.29) is 17.9 Å². The molecule has 0 fully saturated rings. The number of carbonyl (C=O) groups excluding carboxylic acids is 2. The van der Waals surface area contributed by atoms with Crippen LogP contribution in [0.5, 0.6) is 5.75 Å². The van der Waals surface area contributed by atoms with E-state index in [2.05, 4.69) is 13.8 Å². The van der Waals surface area contributed by atoms with E-state index in [1.165, 1.54) is 0 Å². The number of halogens is 1. The Balaban J connectivity index is 1.80. The molecule has 0 radical (unpaired) electrons. The van der Waals surface area contributed by atoms with E-state index in [4.69, 9.17) is 16.3 Å². The number of benzene rings is 2. The van der Waals surface area contributed by atoms with Crippen LogP contribution < -0.4 is 4.74 Å². The van der Waals surface area contributed by atoms with Crippen LogP contribution in [-0.2, 0) is 11.2 Å². The van der Waals surface area contributed by atoms with Crippen molar-refractivity contribution in [2.24, 2.45) is 5.92 Å². The number of carbonyl (C=O) groups is 2. The minimum Gasteiger partial charge on any atom is -0.491 e. The Bertz CT molecular complexity index is 945. The zero-order valence-electron chi connectivity index (χ0n) is 20.6. The number of hydrogen-bond acceptors (Lipinski definition) is 3. The minimum absolute atomic E-state index is 0.0221. The molecule has 184 valence electrons. The molecule has 0 bridgehead atoms. The van der Waals surface area contributed by atoms with Gasteiger partial charge in [0.2, 0.25) is 5.91 Å². The number of amides is 2. The van der Waals surface area contributed by atoms with E-state index in [9.17, 15) is 9.59 Å². The molecule has 3 rings (SSSR count). The molecular weight excluding hydrogens is 448 g/mol. The molecule has 2 amide bonds. The second-order valence-electron chi connectivity index (χ2n) is 9.59. The Morgan fingerprint density at radius 1 is 1.06 bits per heavy atom. The van der Waals surface area contributed by atoms with Crippen LogP contribution in [-0.4, -0.2) is 54.4 Å². The van der Waals surface area contributed by atoms with Gasteiger partial charge in [0.15, 0.2) is 0 Å². The summed E-state index contributed by atoms with van der Waals surface area (Å²) in [5, 5.41) is 0.701. The van der Waals surface area contributed by atoms with Gasteiger partial charge in [-0.15, -0.1) is 0 Å². The second kappa shape index (κ2) is 12.8. The molecule has 1 aliphatic rings. The topological polar surface area (TPSA) is 49.9 Å². The second-order valence-corrected chi connectivity index (χ2v) is 10.0. The molecule has 1 aliphatic heterocycles. The molecular formula is C28H37ClN2O3. The van der Waals surface area contributed by atoms with Gasteiger partial charge in [-0.3, -0.25) is 9.59 Å². The molecule has 1 atom stereocenters. The highest BCUT2D eigenvalue weighted by atomic mass is 35.5. The van der Waals surface area contributed by atoms with Gasteiger partial charge in [0.05, 0.1) is 11.6 Å². The van der Waals surface area contributed by atoms with Crippen LogP contribution in [0.4, 0.5) is 0 Å². The van der Waals surface area contributed by atoms with Crippen molar-refractivity contribution >= 4 is 23.4 Å². The molecule has 6 heteroatoms. The zero-order chi connectivity index (χ0) is 24.5. The van der Waals surface area contributed by atoms with Crippen LogP contribution in [0, 0.1) is 5.92 Å². The average Bonchev–Trinajstić information content (AvgIpc) is 2.83. The van der Waals surface area contributed by atoms with Crippen molar-refractivity contribution in [1.29, 1.82) is 0 Å². The first-order valence-corrected chi connectivity index (χ1v) is 12.7. The number of fused-ring (bicyclic) bond motifs is 1. The highest BCUT2D eigenvalue weighted by Gasteiger charge is 2.26. The lowest BCUT2D eigenvalue weighted by atomic mass is 10.0. The highest BCUT2D eigenvalue weighted by molar-refractivity contribution is 6.30. The van der Waals surface area contributed by atoms with Crippen LogP contribution in [0.15, 0.2) is 48.5 Å². The number of aryl methyl sites for hydroxylation is 1. The van der Waals surface area contributed by atoms with E-state index in [0.29, 0.717) is 54.8 Å². The van der Waals surface area contributed by atoms with Crippen molar-refractivity contribution in [2.75, 3.05) is 26.7 Å². The third-order valence-corrected chi connectivity index (χ3v) is 6.59. The summed E-state index contributed by atoms with van der Waals surface area (Å²) in [7, 11) is 1.84. The Morgan fingerprint density at radius 3 is 2.50 bits per heavy atom. The summed E-state index contributed by atoms with van der Waals surface area (Å²) < 4.78 is 6.23. The number of nitrogens with zero attached hydrogens (tertiary/aromatic N) is 2. The van der Waals surface area contributed by atoms with Crippen LogP contribution in [0.1, 0.15) is 61.9 Å². The number of ether oxygens (including phenoxy) is 1. The summed E-state index contributed by atoms with van der Waals surface area (Å²) >= 11 is 6.00. The van der Waals surface area contributed by atoms with Crippen LogP contribution >= 0.6 is 11.6 Å². The lowest BCUT2D eigenvalue weighted by Crippen LogP contribution is -2.45. The van der Waals surface area contributed by atoms with Gasteiger partial charge < -0.3 is 14.5 Å². The summed E-state index contributed by atoms with van der Waals surface area (Å²) in [5.41, 5.74) is 1.68. The predicted octanol–water partition coefficient (Wildman–Crippen LogP) is 5.85. The van der Waals surface area contributed by atoms with Crippen LogP contribution in [0.3, 0.4) is 0 Å². The summed E-state index contributed by atoms with van der Waals surface area (Å²) in [6.45, 7) is 6.11. The molecule has 0 N–H and O–H groups in total. The summed E-state index contributed by atoms with van der Waals surface area (Å²) in [5.74, 6) is 1.13. The molecule has 0 spiro atoms. The standard InChI is InChI=1S/C28H37ClN2O3/c1-21(2)19-24-20-34-26-10-6-5-9-25(26)28(33)30(3)17-7-4-8-18-31(24)27(32)16-13-22-11-14-23(29)15-12-22/h5-6,9-12,14-15,21,24H,4,7-8,13,16-20H2,1-3H3/t24-/m0/s1. The maximum atomic E-state index is 13.4. The van der Waals surface area contributed by atoms with Gasteiger partial charge >= 0.3 is 0 Å². The van der Waals surface area contributed by atoms with Gasteiger partial charge in [0, 0.05) is 31.6 Å². The van der Waals surface area contributed by atoms with Crippen LogP contribution in [0.2, 0.25) is 5.02 Å². The molecule has 5 nitrogen and oxygen atoms in total. The number of para-hydroxylation sites is 1. The minimum atomic E-state index is -0.0423. The SMILES string of the molecule is CC(C)C[C@H]1COc2ccccc2C(=O)N(C)CCCCCN1C(=O)CCc1ccc(Cl)cc1. The van der Waals surface area contributed by atoms with E-state index < -0.39 is 0 Å². The molecule has 0 saturated heterocycles. The molecule has 2 aromatic rings. The van der Waals surface area contributed by atoms with E-state index in [0.717, 1.165) is 31.2 Å². The van der Waals surface area contributed by atoms with Gasteiger partial charge in [0.1, 0.15) is 12.4 Å². The van der Waals surface area contributed by atoms with E-state index in [1.54, 1.807) is 4.90 Å². The molecule has 0 aliphatic carbocycles.